The number of ether oxygens (including phenoxy) is 1. The Balaban J connectivity index is 1.57. The van der Waals surface area contributed by atoms with Crippen LogP contribution in [0, 0.1) is 6.92 Å². The standard InChI is InChI=1S/C24H25ClN2O4S/c1-17-8-11-21(12-9-17)32(29,30)27-19-10-13-22(23(25)16-19)24(28)26-14-4-6-18-5-3-7-20(15-18)31-2/h3,5,7-13,15-16,27H,4,6,14H2,1-2H3,(H,26,28). The summed E-state index contributed by atoms with van der Waals surface area (Å²) in [6.07, 6.45) is 1.55. The molecule has 0 radical (unpaired) electrons. The van der Waals surface area contributed by atoms with Gasteiger partial charge in [-0.3, -0.25) is 9.52 Å². The van der Waals surface area contributed by atoms with Gasteiger partial charge in [0.15, 0.2) is 0 Å². The molecule has 0 heterocycles. The number of halogens is 1. The molecule has 0 unspecified atom stereocenters. The zero-order valence-corrected chi connectivity index (χ0v) is 19.5. The first-order valence-corrected chi connectivity index (χ1v) is 11.9. The lowest BCUT2D eigenvalue weighted by Gasteiger charge is -2.11. The number of benzene rings is 3. The minimum atomic E-state index is -3.75. The van der Waals surface area contributed by atoms with Gasteiger partial charge in [0.2, 0.25) is 0 Å². The van der Waals surface area contributed by atoms with Crippen LogP contribution in [-0.4, -0.2) is 28.0 Å². The van der Waals surface area contributed by atoms with Crippen molar-refractivity contribution in [1.29, 1.82) is 0 Å². The molecule has 2 N–H and O–H groups in total. The molecule has 0 aromatic heterocycles. The van der Waals surface area contributed by atoms with Crippen LogP contribution in [0.5, 0.6) is 5.75 Å². The third kappa shape index (κ3) is 6.24. The highest BCUT2D eigenvalue weighted by molar-refractivity contribution is 7.92. The van der Waals surface area contributed by atoms with Crippen molar-refractivity contribution in [2.45, 2.75) is 24.7 Å². The van der Waals surface area contributed by atoms with Crippen LogP contribution < -0.4 is 14.8 Å². The first-order chi connectivity index (χ1) is 15.3. The van der Waals surface area contributed by atoms with Gasteiger partial charge in [-0.05, 0) is 67.8 Å². The molecular weight excluding hydrogens is 448 g/mol. The van der Waals surface area contributed by atoms with Gasteiger partial charge in [0.25, 0.3) is 15.9 Å². The Kier molecular flexibility index (Phi) is 7.77. The summed E-state index contributed by atoms with van der Waals surface area (Å²) in [4.78, 5) is 12.6. The van der Waals surface area contributed by atoms with E-state index in [0.717, 1.165) is 29.7 Å². The molecule has 8 heteroatoms. The summed E-state index contributed by atoms with van der Waals surface area (Å²) in [5.74, 6) is 0.491. The Morgan fingerprint density at radius 1 is 1.03 bits per heavy atom. The second-order valence-electron chi connectivity index (χ2n) is 7.32. The maximum atomic E-state index is 12.5. The summed E-state index contributed by atoms with van der Waals surface area (Å²) in [6, 6.07) is 18.8. The molecule has 0 aliphatic heterocycles. The van der Waals surface area contributed by atoms with E-state index in [4.69, 9.17) is 16.3 Å². The van der Waals surface area contributed by atoms with Gasteiger partial charge in [0.1, 0.15) is 5.75 Å². The number of sulfonamides is 1. The average Bonchev–Trinajstić information content (AvgIpc) is 2.77. The Labute approximate surface area is 193 Å². The fourth-order valence-electron chi connectivity index (χ4n) is 3.11. The first-order valence-electron chi connectivity index (χ1n) is 10.1. The van der Waals surface area contributed by atoms with Crippen LogP contribution >= 0.6 is 11.6 Å². The summed E-state index contributed by atoms with van der Waals surface area (Å²) in [5.41, 5.74) is 2.66. The SMILES string of the molecule is COc1cccc(CCCNC(=O)c2ccc(NS(=O)(=O)c3ccc(C)cc3)cc2Cl)c1. The zero-order valence-electron chi connectivity index (χ0n) is 17.9. The van der Waals surface area contributed by atoms with E-state index in [2.05, 4.69) is 10.0 Å². The van der Waals surface area contributed by atoms with E-state index in [1.54, 1.807) is 19.2 Å². The molecule has 0 atom stereocenters. The normalized spacial score (nSPS) is 11.1. The largest absolute Gasteiger partial charge is 0.497 e. The van der Waals surface area contributed by atoms with Crippen molar-refractivity contribution in [3.8, 4) is 5.75 Å². The fourth-order valence-corrected chi connectivity index (χ4v) is 4.43. The minimum absolute atomic E-state index is 0.150. The Morgan fingerprint density at radius 2 is 1.78 bits per heavy atom. The Bertz CT molecular complexity index is 1190. The highest BCUT2D eigenvalue weighted by Crippen LogP contribution is 2.23. The first kappa shape index (κ1) is 23.6. The highest BCUT2D eigenvalue weighted by atomic mass is 35.5. The smallest absolute Gasteiger partial charge is 0.261 e. The zero-order chi connectivity index (χ0) is 23.1. The number of carbonyl (C=O) groups excluding carboxylic acids is 1. The number of methoxy groups -OCH3 is 1. The monoisotopic (exact) mass is 472 g/mol. The van der Waals surface area contributed by atoms with E-state index < -0.39 is 10.0 Å². The van der Waals surface area contributed by atoms with E-state index in [1.807, 2.05) is 31.2 Å². The molecule has 0 fully saturated rings. The Hall–Kier alpha value is -3.03. The highest BCUT2D eigenvalue weighted by Gasteiger charge is 2.16. The van der Waals surface area contributed by atoms with Crippen LogP contribution in [0.15, 0.2) is 71.6 Å². The molecule has 168 valence electrons. The number of hydrogen-bond acceptors (Lipinski definition) is 4. The molecule has 0 spiro atoms. The Morgan fingerprint density at radius 3 is 2.47 bits per heavy atom. The van der Waals surface area contributed by atoms with Crippen molar-refractivity contribution < 1.29 is 17.9 Å². The molecule has 3 aromatic rings. The molecule has 0 saturated carbocycles. The number of hydrogen-bond donors (Lipinski definition) is 2. The predicted octanol–water partition coefficient (Wildman–Crippen LogP) is 4.82. The number of carbonyl (C=O) groups is 1. The summed E-state index contributed by atoms with van der Waals surface area (Å²) in [7, 11) is -2.12. The minimum Gasteiger partial charge on any atom is -0.497 e. The van der Waals surface area contributed by atoms with Gasteiger partial charge in [0.05, 0.1) is 28.3 Å². The van der Waals surface area contributed by atoms with Crippen molar-refractivity contribution in [3.63, 3.8) is 0 Å². The van der Waals surface area contributed by atoms with Crippen LogP contribution in [0.25, 0.3) is 0 Å². The van der Waals surface area contributed by atoms with E-state index >= 15 is 0 Å². The maximum Gasteiger partial charge on any atom is 0.261 e. The number of nitrogens with one attached hydrogen (secondary N) is 2. The van der Waals surface area contributed by atoms with E-state index in [9.17, 15) is 13.2 Å². The quantitative estimate of drug-likeness (QED) is 0.437. The second-order valence-corrected chi connectivity index (χ2v) is 9.41. The molecule has 0 bridgehead atoms. The lowest BCUT2D eigenvalue weighted by atomic mass is 10.1. The maximum absolute atomic E-state index is 12.5. The molecule has 0 aliphatic carbocycles. The number of anilines is 1. The molecule has 1 amide bonds. The third-order valence-corrected chi connectivity index (χ3v) is 6.57. The van der Waals surface area contributed by atoms with Gasteiger partial charge < -0.3 is 10.1 Å². The molecule has 0 aliphatic rings. The topological polar surface area (TPSA) is 84.5 Å². The number of rotatable bonds is 9. The van der Waals surface area contributed by atoms with Crippen molar-refractivity contribution >= 4 is 33.2 Å². The van der Waals surface area contributed by atoms with Gasteiger partial charge in [-0.25, -0.2) is 8.42 Å². The van der Waals surface area contributed by atoms with Crippen LogP contribution in [0.1, 0.15) is 27.9 Å². The lowest BCUT2D eigenvalue weighted by Crippen LogP contribution is -2.25. The number of aryl methyl sites for hydroxylation is 2. The van der Waals surface area contributed by atoms with Crippen LogP contribution in [0.4, 0.5) is 5.69 Å². The van der Waals surface area contributed by atoms with Crippen molar-refractivity contribution in [3.05, 3.63) is 88.4 Å². The lowest BCUT2D eigenvalue weighted by molar-refractivity contribution is 0.0953. The molecule has 6 nitrogen and oxygen atoms in total. The van der Waals surface area contributed by atoms with Gasteiger partial charge in [-0.15, -0.1) is 0 Å². The van der Waals surface area contributed by atoms with Gasteiger partial charge in [0, 0.05) is 6.54 Å². The van der Waals surface area contributed by atoms with Crippen molar-refractivity contribution in [2.75, 3.05) is 18.4 Å². The average molecular weight is 473 g/mol. The third-order valence-electron chi connectivity index (χ3n) is 4.86. The predicted molar refractivity (Wildman–Crippen MR) is 127 cm³/mol. The number of amides is 1. The molecule has 3 aromatic carbocycles. The van der Waals surface area contributed by atoms with Crippen molar-refractivity contribution in [1.82, 2.24) is 5.32 Å². The van der Waals surface area contributed by atoms with E-state index in [-0.39, 0.29) is 27.1 Å². The summed E-state index contributed by atoms with van der Waals surface area (Å²) in [6.45, 7) is 2.36. The molecule has 0 saturated heterocycles. The summed E-state index contributed by atoms with van der Waals surface area (Å²) < 4.78 is 32.8. The van der Waals surface area contributed by atoms with Crippen LogP contribution in [0.3, 0.4) is 0 Å². The summed E-state index contributed by atoms with van der Waals surface area (Å²) in [5, 5.41) is 3.01. The van der Waals surface area contributed by atoms with Gasteiger partial charge in [-0.1, -0.05) is 41.4 Å². The van der Waals surface area contributed by atoms with E-state index in [1.165, 1.54) is 30.3 Å². The summed E-state index contributed by atoms with van der Waals surface area (Å²) >= 11 is 6.25. The second kappa shape index (κ2) is 10.5. The van der Waals surface area contributed by atoms with Gasteiger partial charge in [-0.2, -0.15) is 0 Å². The fraction of sp³-hybridized carbons (Fsp3) is 0.208. The molecule has 32 heavy (non-hydrogen) atoms. The van der Waals surface area contributed by atoms with Crippen LogP contribution in [-0.2, 0) is 16.4 Å². The van der Waals surface area contributed by atoms with Gasteiger partial charge >= 0.3 is 0 Å². The van der Waals surface area contributed by atoms with E-state index in [0.29, 0.717) is 6.54 Å². The van der Waals surface area contributed by atoms with Crippen LogP contribution in [0.2, 0.25) is 5.02 Å². The molecular formula is C24H25ClN2O4S. The molecule has 3 rings (SSSR count). The van der Waals surface area contributed by atoms with Crippen molar-refractivity contribution in [2.24, 2.45) is 0 Å².